The second kappa shape index (κ2) is 14.9. The summed E-state index contributed by atoms with van der Waals surface area (Å²) >= 11 is 0. The zero-order valence-electron chi connectivity index (χ0n) is 31.2. The number of nitrogens with one attached hydrogen (secondary N) is 2. The van der Waals surface area contributed by atoms with E-state index in [0.29, 0.717) is 0 Å². The van der Waals surface area contributed by atoms with Crippen LogP contribution in [0.3, 0.4) is 0 Å². The molecule has 0 unspecified atom stereocenters. The summed E-state index contributed by atoms with van der Waals surface area (Å²) < 4.78 is 0. The summed E-state index contributed by atoms with van der Waals surface area (Å²) in [6.45, 7) is 13.6. The summed E-state index contributed by atoms with van der Waals surface area (Å²) in [6, 6.07) is 62.9. The van der Waals surface area contributed by atoms with E-state index in [2.05, 4.69) is 222 Å². The summed E-state index contributed by atoms with van der Waals surface area (Å²) in [5.41, 5.74) is 9.98. The van der Waals surface area contributed by atoms with Gasteiger partial charge in [0, 0.05) is 0 Å². The van der Waals surface area contributed by atoms with Gasteiger partial charge in [-0.05, 0) is 0 Å². The summed E-state index contributed by atoms with van der Waals surface area (Å²) in [7, 11) is -5.90. The second-order valence-electron chi connectivity index (χ2n) is 14.2. The summed E-state index contributed by atoms with van der Waals surface area (Å²) in [5.74, 6) is 0. The molecular formula is C48H50N2P2. The van der Waals surface area contributed by atoms with Crippen molar-refractivity contribution in [3.8, 4) is 0 Å². The van der Waals surface area contributed by atoms with Gasteiger partial charge in [-0.2, -0.15) is 0 Å². The molecule has 0 aliphatic carbocycles. The third-order valence-corrected chi connectivity index (χ3v) is 20.4. The van der Waals surface area contributed by atoms with Crippen LogP contribution in [0.1, 0.15) is 33.4 Å². The third kappa shape index (κ3) is 6.26. The molecule has 52 heavy (non-hydrogen) atoms. The van der Waals surface area contributed by atoms with Crippen LogP contribution in [-0.4, -0.2) is 0 Å². The molecule has 7 rings (SSSR count). The fourth-order valence-electron chi connectivity index (χ4n) is 8.34. The van der Waals surface area contributed by atoms with Crippen molar-refractivity contribution in [2.45, 2.75) is 41.5 Å². The molecule has 262 valence electrons. The van der Waals surface area contributed by atoms with E-state index in [1.54, 1.807) is 0 Å². The molecule has 0 heterocycles. The molecule has 0 amide bonds. The molecular weight excluding hydrogens is 666 g/mol. The van der Waals surface area contributed by atoms with Crippen molar-refractivity contribution >= 4 is 58.0 Å². The fraction of sp³-hybridized carbons (Fsp3) is 0.125. The Labute approximate surface area is 311 Å². The van der Waals surface area contributed by atoms with Gasteiger partial charge in [0.2, 0.25) is 0 Å². The van der Waals surface area contributed by atoms with Gasteiger partial charge in [0.15, 0.2) is 0 Å². The summed E-state index contributed by atoms with van der Waals surface area (Å²) in [4.78, 5) is 0. The van der Waals surface area contributed by atoms with Gasteiger partial charge < -0.3 is 0 Å². The number of anilines is 2. The SMILES string of the molecule is Cc1ccccc1[PH](Nc1ccccc1N[PH](c1ccccc1C)(c1ccccc1C)c1ccccc1C)(c1ccccc1C)c1ccccc1C. The first-order valence-corrected chi connectivity index (χ1v) is 22.3. The average molecular weight is 717 g/mol. The molecule has 0 spiro atoms. The minimum absolute atomic E-state index is 1.11. The monoisotopic (exact) mass is 716 g/mol. The second-order valence-corrected chi connectivity index (χ2v) is 20.9. The Morgan fingerprint density at radius 2 is 0.423 bits per heavy atom. The Kier molecular flexibility index (Phi) is 10.2. The Bertz CT molecular complexity index is 1970. The zero-order chi connectivity index (χ0) is 36.3. The average Bonchev–Trinajstić information content (AvgIpc) is 3.15. The molecule has 0 aromatic heterocycles. The minimum atomic E-state index is -2.95. The Balaban J connectivity index is 1.55. The first kappa shape index (κ1) is 35.4. The molecule has 0 bridgehead atoms. The van der Waals surface area contributed by atoms with Crippen LogP contribution in [0.4, 0.5) is 11.4 Å². The van der Waals surface area contributed by atoms with Gasteiger partial charge in [0.05, 0.1) is 0 Å². The van der Waals surface area contributed by atoms with E-state index in [4.69, 9.17) is 0 Å². The number of para-hydroxylation sites is 2. The third-order valence-electron chi connectivity index (χ3n) is 10.9. The Morgan fingerprint density at radius 1 is 0.250 bits per heavy atom. The van der Waals surface area contributed by atoms with Crippen molar-refractivity contribution in [2.24, 2.45) is 0 Å². The number of hydrogen-bond donors (Lipinski definition) is 2. The first-order valence-electron chi connectivity index (χ1n) is 18.3. The fourth-order valence-corrected chi connectivity index (χ4v) is 18.3. The molecule has 2 N–H and O–H groups in total. The molecule has 0 aliphatic heterocycles. The number of benzene rings is 7. The molecule has 0 aliphatic rings. The van der Waals surface area contributed by atoms with E-state index in [0.717, 1.165) is 11.4 Å². The first-order chi connectivity index (χ1) is 25.3. The van der Waals surface area contributed by atoms with Crippen LogP contribution < -0.4 is 42.0 Å². The van der Waals surface area contributed by atoms with Gasteiger partial charge in [-0.1, -0.05) is 0 Å². The molecule has 0 atom stereocenters. The van der Waals surface area contributed by atoms with Crippen molar-refractivity contribution in [3.05, 3.63) is 203 Å². The van der Waals surface area contributed by atoms with E-state index in [1.807, 2.05) is 0 Å². The van der Waals surface area contributed by atoms with Crippen LogP contribution in [0.25, 0.3) is 0 Å². The standard InChI is InChI=1S/C48H50N2P2/c1-35-21-7-15-29-43(35)51(44-30-16-8-22-36(44)2,45-31-17-9-23-37(45)3)49-41-27-13-14-28-42(41)50-52(46-32-18-10-24-38(46)4,47-33-19-11-25-39(47)5)48-34-20-12-26-40(48)6/h7-34,49-52H,1-6H3. The zero-order valence-corrected chi connectivity index (χ0v) is 33.2. The Morgan fingerprint density at radius 3 is 0.615 bits per heavy atom. The normalized spacial score (nSPS) is 12.3. The van der Waals surface area contributed by atoms with Crippen LogP contribution in [0.15, 0.2) is 170 Å². The van der Waals surface area contributed by atoms with E-state index in [1.165, 1.54) is 65.2 Å². The molecule has 0 fully saturated rings. The van der Waals surface area contributed by atoms with Crippen molar-refractivity contribution in [3.63, 3.8) is 0 Å². The van der Waals surface area contributed by atoms with Crippen LogP contribution in [-0.2, 0) is 0 Å². The quantitative estimate of drug-likeness (QED) is 0.138. The summed E-state index contributed by atoms with van der Waals surface area (Å²) in [5, 5.41) is 17.1. The number of aryl methyl sites for hydroxylation is 6. The molecule has 0 saturated heterocycles. The van der Waals surface area contributed by atoms with Crippen molar-refractivity contribution in [2.75, 3.05) is 10.2 Å². The van der Waals surface area contributed by atoms with Crippen molar-refractivity contribution in [1.82, 2.24) is 0 Å². The molecule has 4 heteroatoms. The molecule has 7 aromatic carbocycles. The van der Waals surface area contributed by atoms with E-state index >= 15 is 0 Å². The Hall–Kier alpha value is -5.00. The van der Waals surface area contributed by atoms with Gasteiger partial charge in [0.25, 0.3) is 0 Å². The van der Waals surface area contributed by atoms with Gasteiger partial charge in [-0.15, -0.1) is 0 Å². The number of hydrogen-bond acceptors (Lipinski definition) is 2. The molecule has 7 aromatic rings. The molecule has 2 nitrogen and oxygen atoms in total. The van der Waals surface area contributed by atoms with Crippen LogP contribution in [0.2, 0.25) is 0 Å². The topological polar surface area (TPSA) is 24.1 Å². The van der Waals surface area contributed by atoms with Crippen LogP contribution in [0.5, 0.6) is 0 Å². The summed E-state index contributed by atoms with van der Waals surface area (Å²) in [6.07, 6.45) is 0. The van der Waals surface area contributed by atoms with E-state index in [9.17, 15) is 0 Å². The van der Waals surface area contributed by atoms with Gasteiger partial charge in [-0.3, -0.25) is 0 Å². The van der Waals surface area contributed by atoms with Crippen molar-refractivity contribution < 1.29 is 0 Å². The van der Waals surface area contributed by atoms with Crippen LogP contribution >= 0.6 is 14.8 Å². The maximum absolute atomic E-state index is 4.45. The van der Waals surface area contributed by atoms with Gasteiger partial charge >= 0.3 is 313 Å². The number of rotatable bonds is 10. The molecule has 0 radical (unpaired) electrons. The predicted octanol–water partition coefficient (Wildman–Crippen LogP) is 9.64. The van der Waals surface area contributed by atoms with E-state index < -0.39 is 14.8 Å². The molecule has 0 saturated carbocycles. The van der Waals surface area contributed by atoms with Crippen LogP contribution in [0, 0.1) is 41.5 Å². The van der Waals surface area contributed by atoms with E-state index in [-0.39, 0.29) is 0 Å². The van der Waals surface area contributed by atoms with Crippen molar-refractivity contribution in [1.29, 1.82) is 0 Å². The maximum atomic E-state index is 4.45. The van der Waals surface area contributed by atoms with Gasteiger partial charge in [0.1, 0.15) is 0 Å². The van der Waals surface area contributed by atoms with Gasteiger partial charge in [-0.25, -0.2) is 0 Å². The predicted molar refractivity (Wildman–Crippen MR) is 235 cm³/mol.